The Bertz CT molecular complexity index is 586. The molecule has 1 aliphatic heterocycles. The highest BCUT2D eigenvalue weighted by molar-refractivity contribution is 5.92. The van der Waals surface area contributed by atoms with Gasteiger partial charge in [-0.3, -0.25) is 14.3 Å². The first-order valence-electron chi connectivity index (χ1n) is 7.74. The molecule has 21 heavy (non-hydrogen) atoms. The summed E-state index contributed by atoms with van der Waals surface area (Å²) in [5.74, 6) is -0.541. The predicted molar refractivity (Wildman–Crippen MR) is 73.8 cm³/mol. The quantitative estimate of drug-likeness (QED) is 0.871. The minimum Gasteiger partial charge on any atom is -0.481 e. The fourth-order valence-corrected chi connectivity index (χ4v) is 4.01. The number of aliphatic carboxylic acids is 1. The molecule has 6 nitrogen and oxygen atoms in total. The molecule has 4 atom stereocenters. The lowest BCUT2D eigenvalue weighted by molar-refractivity contribution is -0.142. The summed E-state index contributed by atoms with van der Waals surface area (Å²) < 4.78 is 1.92. The zero-order chi connectivity index (χ0) is 14.6. The third kappa shape index (κ3) is 2.13. The number of hydrogen-bond donors (Lipinski definition) is 2. The Balaban J connectivity index is 1.45. The molecular formula is C15H19N3O3. The molecule has 2 aliphatic carbocycles. The van der Waals surface area contributed by atoms with E-state index >= 15 is 0 Å². The smallest absolute Gasteiger partial charge is 0.306 e. The topological polar surface area (TPSA) is 84.2 Å². The van der Waals surface area contributed by atoms with Gasteiger partial charge in [-0.15, -0.1) is 0 Å². The van der Waals surface area contributed by atoms with Crippen LogP contribution in [-0.2, 0) is 17.8 Å². The number of carbonyl (C=O) groups excluding carboxylic acids is 1. The fourth-order valence-electron chi connectivity index (χ4n) is 4.01. The monoisotopic (exact) mass is 289 g/mol. The second kappa shape index (κ2) is 4.58. The van der Waals surface area contributed by atoms with Crippen LogP contribution in [0.3, 0.4) is 0 Å². The van der Waals surface area contributed by atoms with Gasteiger partial charge in [-0.25, -0.2) is 0 Å². The van der Waals surface area contributed by atoms with Gasteiger partial charge < -0.3 is 10.4 Å². The van der Waals surface area contributed by atoms with Crippen LogP contribution in [0.15, 0.2) is 6.07 Å². The van der Waals surface area contributed by atoms with E-state index < -0.39 is 5.97 Å². The maximum absolute atomic E-state index is 12.3. The Morgan fingerprint density at radius 3 is 2.86 bits per heavy atom. The van der Waals surface area contributed by atoms with Crippen molar-refractivity contribution in [3.63, 3.8) is 0 Å². The molecule has 2 saturated carbocycles. The molecule has 1 amide bonds. The molecule has 6 heteroatoms. The summed E-state index contributed by atoms with van der Waals surface area (Å²) >= 11 is 0. The standard InChI is InChI=1S/C15H19N3O3/c19-14(13-5-8-3-1-2-4-18(8)17-13)16-12-7-11(15(20)21)9-6-10(9)12/h5,9-12H,1-4,6-7H2,(H,16,19)(H,20,21)/t9-,10+,11-,12+/m1/s1. The molecule has 0 saturated heterocycles. The summed E-state index contributed by atoms with van der Waals surface area (Å²) in [4.78, 5) is 23.5. The summed E-state index contributed by atoms with van der Waals surface area (Å²) in [6, 6.07) is 1.88. The highest BCUT2D eigenvalue weighted by Gasteiger charge is 2.57. The Morgan fingerprint density at radius 2 is 2.14 bits per heavy atom. The zero-order valence-electron chi connectivity index (χ0n) is 11.8. The number of carbonyl (C=O) groups is 2. The van der Waals surface area contributed by atoms with Gasteiger partial charge in [0.25, 0.3) is 5.91 Å². The van der Waals surface area contributed by atoms with Crippen molar-refractivity contribution in [1.82, 2.24) is 15.1 Å². The van der Waals surface area contributed by atoms with E-state index in [1.54, 1.807) is 0 Å². The Morgan fingerprint density at radius 1 is 1.29 bits per heavy atom. The minimum atomic E-state index is -0.725. The lowest BCUT2D eigenvalue weighted by Crippen LogP contribution is -2.36. The van der Waals surface area contributed by atoms with Gasteiger partial charge in [-0.1, -0.05) is 0 Å². The van der Waals surface area contributed by atoms with Crippen LogP contribution in [0.25, 0.3) is 0 Å². The van der Waals surface area contributed by atoms with Crippen molar-refractivity contribution >= 4 is 11.9 Å². The number of amides is 1. The van der Waals surface area contributed by atoms with E-state index in [9.17, 15) is 9.59 Å². The lowest BCUT2D eigenvalue weighted by Gasteiger charge is -2.15. The van der Waals surface area contributed by atoms with Crippen LogP contribution in [0.5, 0.6) is 0 Å². The molecule has 1 aromatic heterocycles. The van der Waals surface area contributed by atoms with Gasteiger partial charge in [0.05, 0.1) is 5.92 Å². The molecule has 4 rings (SSSR count). The van der Waals surface area contributed by atoms with Crippen molar-refractivity contribution in [2.75, 3.05) is 0 Å². The summed E-state index contributed by atoms with van der Waals surface area (Å²) in [5, 5.41) is 16.5. The van der Waals surface area contributed by atoms with Gasteiger partial charge in [0.2, 0.25) is 0 Å². The summed E-state index contributed by atoms with van der Waals surface area (Å²) in [7, 11) is 0. The summed E-state index contributed by atoms with van der Waals surface area (Å²) in [6.45, 7) is 0.887. The van der Waals surface area contributed by atoms with Gasteiger partial charge in [0.1, 0.15) is 5.69 Å². The highest BCUT2D eigenvalue weighted by Crippen LogP contribution is 2.55. The molecule has 2 fully saturated rings. The SMILES string of the molecule is O=C(N[C@H]1C[C@@H](C(=O)O)[C@@H]2C[C@@H]21)c1cc2n(n1)CCCC2. The van der Waals surface area contributed by atoms with Crippen molar-refractivity contribution in [3.8, 4) is 0 Å². The van der Waals surface area contributed by atoms with Gasteiger partial charge >= 0.3 is 5.97 Å². The first kappa shape index (κ1) is 12.9. The van der Waals surface area contributed by atoms with Gasteiger partial charge in [-0.2, -0.15) is 5.10 Å². The molecule has 0 unspecified atom stereocenters. The maximum Gasteiger partial charge on any atom is 0.306 e. The molecule has 0 radical (unpaired) electrons. The van der Waals surface area contributed by atoms with E-state index in [2.05, 4.69) is 10.4 Å². The van der Waals surface area contributed by atoms with E-state index in [4.69, 9.17) is 5.11 Å². The van der Waals surface area contributed by atoms with Crippen LogP contribution in [0.4, 0.5) is 0 Å². The van der Waals surface area contributed by atoms with Crippen molar-refractivity contribution in [1.29, 1.82) is 0 Å². The van der Waals surface area contributed by atoms with Crippen LogP contribution < -0.4 is 5.32 Å². The van der Waals surface area contributed by atoms with Gasteiger partial charge in [-0.05, 0) is 50.0 Å². The number of aryl methyl sites for hydroxylation is 2. The van der Waals surface area contributed by atoms with Gasteiger partial charge in [0.15, 0.2) is 0 Å². The van der Waals surface area contributed by atoms with E-state index in [1.165, 1.54) is 0 Å². The average Bonchev–Trinajstić information content (AvgIpc) is 2.99. The van der Waals surface area contributed by atoms with Crippen LogP contribution >= 0.6 is 0 Å². The fraction of sp³-hybridized carbons (Fsp3) is 0.667. The van der Waals surface area contributed by atoms with E-state index in [0.717, 1.165) is 37.9 Å². The largest absolute Gasteiger partial charge is 0.481 e. The first-order valence-corrected chi connectivity index (χ1v) is 7.74. The minimum absolute atomic E-state index is 0.00216. The highest BCUT2D eigenvalue weighted by atomic mass is 16.4. The molecule has 3 aliphatic rings. The van der Waals surface area contributed by atoms with Crippen LogP contribution in [0.1, 0.15) is 41.9 Å². The van der Waals surface area contributed by atoms with Crippen LogP contribution in [0.2, 0.25) is 0 Å². The molecule has 2 N–H and O–H groups in total. The van der Waals surface area contributed by atoms with Crippen molar-refractivity contribution in [3.05, 3.63) is 17.5 Å². The molecule has 112 valence electrons. The van der Waals surface area contributed by atoms with Crippen LogP contribution in [0, 0.1) is 17.8 Å². The number of nitrogens with zero attached hydrogens (tertiary/aromatic N) is 2. The molecule has 0 spiro atoms. The summed E-state index contributed by atoms with van der Waals surface area (Å²) in [5.41, 5.74) is 1.61. The van der Waals surface area contributed by atoms with E-state index in [0.29, 0.717) is 18.0 Å². The Kier molecular flexibility index (Phi) is 2.80. The Hall–Kier alpha value is -1.85. The number of carboxylic acid groups (broad SMARTS) is 1. The lowest BCUT2D eigenvalue weighted by atomic mass is 10.0. The third-order valence-electron chi connectivity index (χ3n) is 5.22. The van der Waals surface area contributed by atoms with E-state index in [1.807, 2.05) is 10.7 Å². The number of rotatable bonds is 3. The molecule has 0 aromatic carbocycles. The van der Waals surface area contributed by atoms with Crippen molar-refractivity contribution < 1.29 is 14.7 Å². The van der Waals surface area contributed by atoms with Crippen molar-refractivity contribution in [2.24, 2.45) is 17.8 Å². The second-order valence-electron chi connectivity index (χ2n) is 6.52. The number of nitrogens with one attached hydrogen (secondary N) is 1. The average molecular weight is 289 g/mol. The van der Waals surface area contributed by atoms with E-state index in [-0.39, 0.29) is 23.8 Å². The third-order valence-corrected chi connectivity index (χ3v) is 5.22. The Labute approximate surface area is 122 Å². The van der Waals surface area contributed by atoms with Crippen LogP contribution in [-0.4, -0.2) is 32.8 Å². The second-order valence-corrected chi connectivity index (χ2v) is 6.52. The van der Waals surface area contributed by atoms with Gasteiger partial charge in [0, 0.05) is 18.3 Å². The number of hydrogen-bond acceptors (Lipinski definition) is 3. The zero-order valence-corrected chi connectivity index (χ0v) is 11.8. The number of carboxylic acids is 1. The predicted octanol–water partition coefficient (Wildman–Crippen LogP) is 1.06. The number of fused-ring (bicyclic) bond motifs is 2. The summed E-state index contributed by atoms with van der Waals surface area (Å²) in [6.07, 6.45) is 4.74. The normalized spacial score (nSPS) is 33.1. The molecule has 0 bridgehead atoms. The maximum atomic E-state index is 12.3. The number of aromatic nitrogens is 2. The molecule has 2 heterocycles. The molecular weight excluding hydrogens is 270 g/mol. The van der Waals surface area contributed by atoms with Crippen molar-refractivity contribution in [2.45, 2.75) is 44.7 Å². The molecule has 1 aromatic rings. The first-order chi connectivity index (χ1) is 10.1.